The summed E-state index contributed by atoms with van der Waals surface area (Å²) in [5.41, 5.74) is 4.04. The highest BCUT2D eigenvalue weighted by atomic mass is 79.9. The number of hydrogen-bond donors (Lipinski definition) is 1. The molecule has 0 saturated carbocycles. The lowest BCUT2D eigenvalue weighted by atomic mass is 9.95. The largest absolute Gasteiger partial charge is 0.309 e. The first-order chi connectivity index (χ1) is 8.54. The second-order valence-electron chi connectivity index (χ2n) is 4.54. The molecule has 1 atom stereocenters. The fraction of sp³-hybridized carbons (Fsp3) is 0.333. The van der Waals surface area contributed by atoms with Gasteiger partial charge in [0.25, 0.3) is 0 Å². The standard InChI is InChI=1S/C15H18BrNS/c1-9-8-13(11(3)18-9)15(17-4)12-6-5-7-14(16)10(12)2/h5-8,15,17H,1-4H3. The second-order valence-corrected chi connectivity index (χ2v) is 6.86. The van der Waals surface area contributed by atoms with Crippen molar-refractivity contribution in [1.29, 1.82) is 0 Å². The molecule has 0 fully saturated rings. The van der Waals surface area contributed by atoms with Gasteiger partial charge in [-0.3, -0.25) is 0 Å². The molecular weight excluding hydrogens is 306 g/mol. The molecule has 1 nitrogen and oxygen atoms in total. The first kappa shape index (κ1) is 13.8. The van der Waals surface area contributed by atoms with E-state index in [2.05, 4.69) is 66.3 Å². The molecule has 0 aliphatic heterocycles. The van der Waals surface area contributed by atoms with Crippen molar-refractivity contribution in [2.45, 2.75) is 26.8 Å². The van der Waals surface area contributed by atoms with Gasteiger partial charge < -0.3 is 5.32 Å². The Kier molecular flexibility index (Phi) is 4.25. The predicted molar refractivity (Wildman–Crippen MR) is 83.6 cm³/mol. The molecule has 0 amide bonds. The number of nitrogens with one attached hydrogen (secondary N) is 1. The van der Waals surface area contributed by atoms with Crippen molar-refractivity contribution < 1.29 is 0 Å². The van der Waals surface area contributed by atoms with Gasteiger partial charge in [0.05, 0.1) is 6.04 Å². The number of hydrogen-bond acceptors (Lipinski definition) is 2. The van der Waals surface area contributed by atoms with Gasteiger partial charge in [-0.15, -0.1) is 11.3 Å². The van der Waals surface area contributed by atoms with Gasteiger partial charge in [0.2, 0.25) is 0 Å². The van der Waals surface area contributed by atoms with Crippen molar-refractivity contribution in [3.8, 4) is 0 Å². The number of aryl methyl sites for hydroxylation is 2. The Labute approximate surface area is 121 Å². The molecule has 96 valence electrons. The van der Waals surface area contributed by atoms with E-state index < -0.39 is 0 Å². The van der Waals surface area contributed by atoms with Crippen molar-refractivity contribution in [3.63, 3.8) is 0 Å². The molecule has 0 radical (unpaired) electrons. The highest BCUT2D eigenvalue weighted by Gasteiger charge is 2.18. The SMILES string of the molecule is CNC(c1cc(C)sc1C)c1cccc(Br)c1C. The van der Waals surface area contributed by atoms with E-state index in [9.17, 15) is 0 Å². The Morgan fingerprint density at radius 1 is 1.17 bits per heavy atom. The van der Waals surface area contributed by atoms with Crippen LogP contribution in [0.2, 0.25) is 0 Å². The van der Waals surface area contributed by atoms with E-state index in [1.165, 1.54) is 30.9 Å². The molecule has 1 unspecified atom stereocenters. The maximum absolute atomic E-state index is 3.61. The first-order valence-corrected chi connectivity index (χ1v) is 7.64. The van der Waals surface area contributed by atoms with Crippen LogP contribution in [0, 0.1) is 20.8 Å². The Hall–Kier alpha value is -0.640. The van der Waals surface area contributed by atoms with E-state index in [1.54, 1.807) is 0 Å². The van der Waals surface area contributed by atoms with Crippen LogP contribution in [-0.2, 0) is 0 Å². The topological polar surface area (TPSA) is 12.0 Å². The van der Waals surface area contributed by atoms with Crippen LogP contribution in [0.25, 0.3) is 0 Å². The predicted octanol–water partition coefficient (Wildman–Crippen LogP) is 4.74. The molecule has 0 bridgehead atoms. The number of benzene rings is 1. The zero-order valence-corrected chi connectivity index (χ0v) is 13.6. The van der Waals surface area contributed by atoms with Crippen LogP contribution in [0.15, 0.2) is 28.7 Å². The molecule has 1 aromatic carbocycles. The third-order valence-electron chi connectivity index (χ3n) is 3.30. The summed E-state index contributed by atoms with van der Waals surface area (Å²) < 4.78 is 1.17. The number of halogens is 1. The van der Waals surface area contributed by atoms with Crippen LogP contribution in [-0.4, -0.2) is 7.05 Å². The van der Waals surface area contributed by atoms with Gasteiger partial charge >= 0.3 is 0 Å². The number of thiophene rings is 1. The fourth-order valence-corrected chi connectivity index (χ4v) is 3.70. The van der Waals surface area contributed by atoms with Crippen LogP contribution >= 0.6 is 27.3 Å². The Bertz CT molecular complexity index is 560. The van der Waals surface area contributed by atoms with Crippen molar-refractivity contribution in [2.24, 2.45) is 0 Å². The van der Waals surface area contributed by atoms with Gasteiger partial charge in [0.1, 0.15) is 0 Å². The van der Waals surface area contributed by atoms with Crippen LogP contribution in [0.5, 0.6) is 0 Å². The molecule has 0 saturated heterocycles. The van der Waals surface area contributed by atoms with E-state index in [-0.39, 0.29) is 6.04 Å². The van der Waals surface area contributed by atoms with Crippen molar-refractivity contribution in [2.75, 3.05) is 7.05 Å². The van der Waals surface area contributed by atoms with Crippen LogP contribution in [0.4, 0.5) is 0 Å². The summed E-state index contributed by atoms with van der Waals surface area (Å²) in [5.74, 6) is 0. The maximum Gasteiger partial charge on any atom is 0.0588 e. The molecular formula is C15H18BrNS. The monoisotopic (exact) mass is 323 g/mol. The molecule has 1 N–H and O–H groups in total. The minimum Gasteiger partial charge on any atom is -0.309 e. The van der Waals surface area contributed by atoms with Gasteiger partial charge in [-0.05, 0) is 56.6 Å². The third kappa shape index (κ3) is 2.53. The average molecular weight is 324 g/mol. The van der Waals surface area contributed by atoms with E-state index in [0.717, 1.165) is 0 Å². The minimum atomic E-state index is 0.271. The summed E-state index contributed by atoms with van der Waals surface area (Å²) >= 11 is 5.48. The summed E-state index contributed by atoms with van der Waals surface area (Å²) in [6.07, 6.45) is 0. The smallest absolute Gasteiger partial charge is 0.0588 e. The molecule has 3 heteroatoms. The summed E-state index contributed by atoms with van der Waals surface area (Å²) in [7, 11) is 2.03. The molecule has 18 heavy (non-hydrogen) atoms. The van der Waals surface area contributed by atoms with Gasteiger partial charge in [0, 0.05) is 14.2 Å². The van der Waals surface area contributed by atoms with Crippen LogP contribution in [0.1, 0.15) is 32.5 Å². The Morgan fingerprint density at radius 3 is 2.44 bits per heavy atom. The number of rotatable bonds is 3. The lowest BCUT2D eigenvalue weighted by molar-refractivity contribution is 0.686. The lowest BCUT2D eigenvalue weighted by Crippen LogP contribution is -2.19. The molecule has 2 aromatic rings. The Morgan fingerprint density at radius 2 is 1.89 bits per heavy atom. The summed E-state index contributed by atoms with van der Waals surface area (Å²) in [5, 5.41) is 3.44. The first-order valence-electron chi connectivity index (χ1n) is 6.03. The van der Waals surface area contributed by atoms with Crippen molar-refractivity contribution in [1.82, 2.24) is 5.32 Å². The highest BCUT2D eigenvalue weighted by Crippen LogP contribution is 2.33. The van der Waals surface area contributed by atoms with Crippen LogP contribution in [0.3, 0.4) is 0 Å². The molecule has 2 rings (SSSR count). The molecule has 0 aliphatic carbocycles. The lowest BCUT2D eigenvalue weighted by Gasteiger charge is -2.20. The summed E-state index contributed by atoms with van der Waals surface area (Å²) in [6.45, 7) is 6.53. The second kappa shape index (κ2) is 5.55. The summed E-state index contributed by atoms with van der Waals surface area (Å²) in [6, 6.07) is 8.96. The molecule has 1 aromatic heterocycles. The zero-order valence-electron chi connectivity index (χ0n) is 11.2. The van der Waals surface area contributed by atoms with Gasteiger partial charge in [0.15, 0.2) is 0 Å². The maximum atomic E-state index is 3.61. The molecule has 1 heterocycles. The molecule has 0 spiro atoms. The van der Waals surface area contributed by atoms with Crippen LogP contribution < -0.4 is 5.32 Å². The summed E-state index contributed by atoms with van der Waals surface area (Å²) in [4.78, 5) is 2.77. The third-order valence-corrected chi connectivity index (χ3v) is 5.14. The van der Waals surface area contributed by atoms with E-state index in [1.807, 2.05) is 18.4 Å². The van der Waals surface area contributed by atoms with E-state index in [0.29, 0.717) is 0 Å². The minimum absolute atomic E-state index is 0.271. The van der Waals surface area contributed by atoms with Gasteiger partial charge in [-0.1, -0.05) is 28.1 Å². The van der Waals surface area contributed by atoms with E-state index >= 15 is 0 Å². The Balaban J connectivity index is 2.52. The van der Waals surface area contributed by atoms with Gasteiger partial charge in [-0.2, -0.15) is 0 Å². The molecule has 0 aliphatic rings. The highest BCUT2D eigenvalue weighted by molar-refractivity contribution is 9.10. The van der Waals surface area contributed by atoms with Crippen molar-refractivity contribution >= 4 is 27.3 Å². The van der Waals surface area contributed by atoms with Gasteiger partial charge in [-0.25, -0.2) is 0 Å². The average Bonchev–Trinajstić information content (AvgIpc) is 2.65. The van der Waals surface area contributed by atoms with E-state index in [4.69, 9.17) is 0 Å². The fourth-order valence-electron chi connectivity index (χ4n) is 2.35. The quantitative estimate of drug-likeness (QED) is 0.859. The van der Waals surface area contributed by atoms with Crippen molar-refractivity contribution in [3.05, 3.63) is 55.2 Å². The normalized spacial score (nSPS) is 12.7. The zero-order chi connectivity index (χ0) is 13.3.